The van der Waals surface area contributed by atoms with Crippen LogP contribution in [0.5, 0.6) is 0 Å². The van der Waals surface area contributed by atoms with Gasteiger partial charge in [0, 0.05) is 28.7 Å². The Morgan fingerprint density at radius 2 is 2.14 bits per heavy atom. The van der Waals surface area contributed by atoms with Crippen molar-refractivity contribution in [1.29, 1.82) is 0 Å². The molecule has 1 atom stereocenters. The number of aryl methyl sites for hydroxylation is 1. The maximum absolute atomic E-state index is 12.8. The van der Waals surface area contributed by atoms with Crippen LogP contribution in [0.4, 0.5) is 0 Å². The van der Waals surface area contributed by atoms with Crippen LogP contribution < -0.4 is 5.32 Å². The summed E-state index contributed by atoms with van der Waals surface area (Å²) in [6.07, 6.45) is 3.67. The quantitative estimate of drug-likeness (QED) is 0.894. The number of nitrogens with zero attached hydrogens (tertiary/aromatic N) is 1. The highest BCUT2D eigenvalue weighted by Crippen LogP contribution is 2.19. The van der Waals surface area contributed by atoms with Crippen LogP contribution in [-0.2, 0) is 0 Å². The number of rotatable bonds is 4. The maximum atomic E-state index is 12.8. The molecule has 1 fully saturated rings. The molecule has 1 amide bonds. The Morgan fingerprint density at radius 1 is 1.38 bits per heavy atom. The summed E-state index contributed by atoms with van der Waals surface area (Å²) in [6.45, 7) is 8.06. The molecular formula is C17H25BrN2O. The first-order valence-corrected chi connectivity index (χ1v) is 8.58. The summed E-state index contributed by atoms with van der Waals surface area (Å²) in [4.78, 5) is 14.8. The Bertz CT molecular complexity index is 475. The van der Waals surface area contributed by atoms with Gasteiger partial charge in [-0.1, -0.05) is 22.4 Å². The third-order valence-electron chi connectivity index (χ3n) is 4.00. The van der Waals surface area contributed by atoms with Crippen molar-refractivity contribution in [3.8, 4) is 0 Å². The third-order valence-corrected chi connectivity index (χ3v) is 4.46. The maximum Gasteiger partial charge on any atom is 0.254 e. The minimum atomic E-state index is 0.127. The first-order valence-electron chi connectivity index (χ1n) is 7.79. The number of piperidine rings is 1. The lowest BCUT2D eigenvalue weighted by molar-refractivity contribution is 0.0676. The number of amides is 1. The number of carbonyl (C=O) groups is 1. The second kappa shape index (κ2) is 7.41. The highest BCUT2D eigenvalue weighted by atomic mass is 79.9. The van der Waals surface area contributed by atoms with E-state index >= 15 is 0 Å². The van der Waals surface area contributed by atoms with Gasteiger partial charge >= 0.3 is 0 Å². The lowest BCUT2D eigenvalue weighted by atomic mass is 10.0. The second-order valence-electron chi connectivity index (χ2n) is 6.22. The van der Waals surface area contributed by atoms with Crippen molar-refractivity contribution in [1.82, 2.24) is 10.2 Å². The van der Waals surface area contributed by atoms with Crippen molar-refractivity contribution < 1.29 is 4.79 Å². The van der Waals surface area contributed by atoms with Crippen molar-refractivity contribution in [2.45, 2.75) is 52.1 Å². The van der Waals surface area contributed by atoms with Crippen LogP contribution in [0.2, 0.25) is 0 Å². The van der Waals surface area contributed by atoms with Gasteiger partial charge in [-0.25, -0.2) is 0 Å². The fraction of sp³-hybridized carbons (Fsp3) is 0.588. The van der Waals surface area contributed by atoms with Gasteiger partial charge in [0.05, 0.1) is 0 Å². The zero-order chi connectivity index (χ0) is 15.4. The predicted octanol–water partition coefficient (Wildman–Crippen LogP) is 3.75. The molecule has 3 nitrogen and oxygen atoms in total. The standard InChI is InChI=1S/C17H25BrN2O/c1-12(2)20(11-16-6-4-5-7-19-16)17(21)14-8-13(3)9-15(18)10-14/h8-10,12,16,19H,4-7,11H2,1-3H3. The molecule has 1 unspecified atom stereocenters. The summed E-state index contributed by atoms with van der Waals surface area (Å²) in [6, 6.07) is 6.55. The van der Waals surface area contributed by atoms with Crippen molar-refractivity contribution in [3.05, 3.63) is 33.8 Å². The first-order chi connectivity index (χ1) is 9.97. The normalized spacial score (nSPS) is 18.8. The predicted molar refractivity (Wildman–Crippen MR) is 90.7 cm³/mol. The second-order valence-corrected chi connectivity index (χ2v) is 7.13. The summed E-state index contributed by atoms with van der Waals surface area (Å²) in [5.74, 6) is 0.127. The summed E-state index contributed by atoms with van der Waals surface area (Å²) < 4.78 is 0.963. The zero-order valence-corrected chi connectivity index (χ0v) is 14.7. The average Bonchev–Trinajstić information content (AvgIpc) is 2.44. The van der Waals surface area contributed by atoms with E-state index in [1.54, 1.807) is 0 Å². The Balaban J connectivity index is 2.14. The van der Waals surface area contributed by atoms with Crippen LogP contribution in [0.15, 0.2) is 22.7 Å². The molecule has 4 heteroatoms. The Kier molecular flexibility index (Phi) is 5.82. The molecule has 0 aromatic heterocycles. The summed E-state index contributed by atoms with van der Waals surface area (Å²) >= 11 is 3.48. The van der Waals surface area contributed by atoms with Gasteiger partial charge in [-0.3, -0.25) is 4.79 Å². The molecule has 0 saturated carbocycles. The Hall–Kier alpha value is -0.870. The van der Waals surface area contributed by atoms with Gasteiger partial charge in [-0.15, -0.1) is 0 Å². The Morgan fingerprint density at radius 3 is 2.71 bits per heavy atom. The van der Waals surface area contributed by atoms with E-state index in [4.69, 9.17) is 0 Å². The summed E-state index contributed by atoms with van der Waals surface area (Å²) in [7, 11) is 0. The van der Waals surface area contributed by atoms with Gasteiger partial charge in [0.2, 0.25) is 0 Å². The van der Waals surface area contributed by atoms with Crippen LogP contribution in [0.3, 0.4) is 0 Å². The van der Waals surface area contributed by atoms with Crippen molar-refractivity contribution in [3.63, 3.8) is 0 Å². The molecule has 21 heavy (non-hydrogen) atoms. The van der Waals surface area contributed by atoms with E-state index in [0.717, 1.165) is 35.1 Å². The molecule has 1 N–H and O–H groups in total. The first kappa shape index (κ1) is 16.5. The molecule has 1 heterocycles. The molecular weight excluding hydrogens is 328 g/mol. The molecule has 2 rings (SSSR count). The number of carbonyl (C=O) groups excluding carboxylic acids is 1. The van der Waals surface area contributed by atoms with Crippen LogP contribution in [0.25, 0.3) is 0 Å². The van der Waals surface area contributed by atoms with E-state index in [1.165, 1.54) is 12.8 Å². The van der Waals surface area contributed by atoms with Crippen molar-refractivity contribution in [2.75, 3.05) is 13.1 Å². The largest absolute Gasteiger partial charge is 0.335 e. The van der Waals surface area contributed by atoms with Crippen LogP contribution in [0, 0.1) is 6.92 Å². The van der Waals surface area contributed by atoms with Gasteiger partial charge in [-0.2, -0.15) is 0 Å². The van der Waals surface area contributed by atoms with Gasteiger partial charge in [0.1, 0.15) is 0 Å². The highest BCUT2D eigenvalue weighted by Gasteiger charge is 2.24. The summed E-state index contributed by atoms with van der Waals surface area (Å²) in [5, 5.41) is 3.53. The number of hydrogen-bond acceptors (Lipinski definition) is 2. The van der Waals surface area contributed by atoms with Gasteiger partial charge in [-0.05, 0) is 63.9 Å². The number of hydrogen-bond donors (Lipinski definition) is 1. The average molecular weight is 353 g/mol. The van der Waals surface area contributed by atoms with E-state index in [2.05, 4.69) is 35.1 Å². The minimum absolute atomic E-state index is 0.127. The van der Waals surface area contributed by atoms with Crippen molar-refractivity contribution in [2.24, 2.45) is 0 Å². The van der Waals surface area contributed by atoms with Crippen LogP contribution in [-0.4, -0.2) is 36.0 Å². The molecule has 0 bridgehead atoms. The van der Waals surface area contributed by atoms with E-state index in [-0.39, 0.29) is 11.9 Å². The van der Waals surface area contributed by atoms with E-state index in [1.807, 2.05) is 30.0 Å². The summed E-state index contributed by atoms with van der Waals surface area (Å²) in [5.41, 5.74) is 1.87. The van der Waals surface area contributed by atoms with E-state index < -0.39 is 0 Å². The molecule has 116 valence electrons. The van der Waals surface area contributed by atoms with Gasteiger partial charge in [0.25, 0.3) is 5.91 Å². The number of benzene rings is 1. The molecule has 0 radical (unpaired) electrons. The zero-order valence-electron chi connectivity index (χ0n) is 13.2. The lowest BCUT2D eigenvalue weighted by Gasteiger charge is -2.33. The molecule has 0 aliphatic carbocycles. The van der Waals surface area contributed by atoms with Crippen LogP contribution >= 0.6 is 15.9 Å². The third kappa shape index (κ3) is 4.55. The minimum Gasteiger partial charge on any atom is -0.335 e. The Labute approximate surface area is 136 Å². The fourth-order valence-corrected chi connectivity index (χ4v) is 3.48. The monoisotopic (exact) mass is 352 g/mol. The molecule has 1 aromatic carbocycles. The topological polar surface area (TPSA) is 32.3 Å². The van der Waals surface area contributed by atoms with E-state index in [0.29, 0.717) is 6.04 Å². The molecule has 0 spiro atoms. The molecule has 1 aromatic rings. The molecule has 1 saturated heterocycles. The van der Waals surface area contributed by atoms with Gasteiger partial charge in [0.15, 0.2) is 0 Å². The van der Waals surface area contributed by atoms with Gasteiger partial charge < -0.3 is 10.2 Å². The lowest BCUT2D eigenvalue weighted by Crippen LogP contribution is -2.48. The molecule has 1 aliphatic heterocycles. The van der Waals surface area contributed by atoms with Crippen LogP contribution in [0.1, 0.15) is 49.0 Å². The van der Waals surface area contributed by atoms with E-state index in [9.17, 15) is 4.79 Å². The number of nitrogens with one attached hydrogen (secondary N) is 1. The molecule has 1 aliphatic rings. The smallest absolute Gasteiger partial charge is 0.254 e. The number of halogens is 1. The van der Waals surface area contributed by atoms with Crippen molar-refractivity contribution >= 4 is 21.8 Å². The SMILES string of the molecule is Cc1cc(Br)cc(C(=O)N(CC2CCCCN2)C(C)C)c1. The highest BCUT2D eigenvalue weighted by molar-refractivity contribution is 9.10. The fourth-order valence-electron chi connectivity index (χ4n) is 2.87.